The van der Waals surface area contributed by atoms with Crippen molar-refractivity contribution in [1.29, 1.82) is 0 Å². The van der Waals surface area contributed by atoms with E-state index in [1.165, 1.54) is 18.2 Å². The van der Waals surface area contributed by atoms with Crippen LogP contribution in [0.2, 0.25) is 0 Å². The van der Waals surface area contributed by atoms with Crippen molar-refractivity contribution in [1.82, 2.24) is 24.8 Å². The number of nitrogens with one attached hydrogen (secondary N) is 2. The monoisotopic (exact) mass is 824 g/mol. The van der Waals surface area contributed by atoms with E-state index >= 15 is 0 Å². The number of piperazine rings is 1. The first-order valence-electron chi connectivity index (χ1n) is 18.6. The molecule has 58 heavy (non-hydrogen) atoms. The third kappa shape index (κ3) is 10.3. The number of rotatable bonds is 14. The molecular weight excluding hydrogens is 781 g/mol. The van der Waals surface area contributed by atoms with Crippen molar-refractivity contribution < 1.29 is 27.7 Å². The maximum absolute atomic E-state index is 13.9. The molecule has 0 radical (unpaired) electrons. The molecule has 3 aromatic carbocycles. The molecule has 2 N–H and O–H groups in total. The molecule has 17 heteroatoms. The molecule has 0 unspecified atom stereocenters. The summed E-state index contributed by atoms with van der Waals surface area (Å²) >= 11 is 1.57. The summed E-state index contributed by atoms with van der Waals surface area (Å²) in [4.78, 5) is 46.7. The van der Waals surface area contributed by atoms with E-state index in [1.807, 2.05) is 65.1 Å². The summed E-state index contributed by atoms with van der Waals surface area (Å²) in [6, 6.07) is 23.8. The lowest BCUT2D eigenvalue weighted by Crippen LogP contribution is -2.49. The van der Waals surface area contributed by atoms with Crippen LogP contribution < -0.4 is 19.7 Å². The van der Waals surface area contributed by atoms with Crippen molar-refractivity contribution in [3.63, 3.8) is 0 Å². The molecule has 1 fully saturated rings. The Morgan fingerprint density at radius 1 is 0.914 bits per heavy atom. The van der Waals surface area contributed by atoms with Crippen molar-refractivity contribution in [2.75, 3.05) is 55.3 Å². The van der Waals surface area contributed by atoms with Crippen LogP contribution in [0.15, 0.2) is 107 Å². The van der Waals surface area contributed by atoms with E-state index < -0.39 is 31.4 Å². The number of carbonyl (C=O) groups is 2. The van der Waals surface area contributed by atoms with Gasteiger partial charge in [0.15, 0.2) is 11.5 Å². The van der Waals surface area contributed by atoms with Crippen LogP contribution in [0.5, 0.6) is 5.75 Å². The van der Waals surface area contributed by atoms with E-state index in [0.29, 0.717) is 62.2 Å². The Kier molecular flexibility index (Phi) is 12.9. The minimum Gasteiger partial charge on any atom is -0.492 e. The fourth-order valence-corrected chi connectivity index (χ4v) is 7.96. The Morgan fingerprint density at radius 3 is 2.34 bits per heavy atom. The van der Waals surface area contributed by atoms with Gasteiger partial charge in [0, 0.05) is 66.8 Å². The van der Waals surface area contributed by atoms with Crippen LogP contribution in [-0.2, 0) is 15.4 Å². The van der Waals surface area contributed by atoms with E-state index in [4.69, 9.17) is 4.74 Å². The third-order valence-corrected chi connectivity index (χ3v) is 11.7. The lowest BCUT2D eigenvalue weighted by atomic mass is 9.84. The average molecular weight is 825 g/mol. The van der Waals surface area contributed by atoms with Crippen LogP contribution >= 0.6 is 11.8 Å². The number of nitro benzene ring substituents is 1. The molecule has 0 aliphatic carbocycles. The molecule has 1 saturated heterocycles. The highest BCUT2D eigenvalue weighted by Crippen LogP contribution is 2.32. The van der Waals surface area contributed by atoms with Crippen LogP contribution in [0.1, 0.15) is 54.1 Å². The number of hydrogen-bond acceptors (Lipinski definition) is 13. The SMILES string of the molecule is CCOc1cncc(-c2cc(C(=O)N3CCN(c4ccc(C(=O)NS(=O)(=O)c5ccc(NCCSc6ccccc6)c([N+](=O)[O-])c5)nn4)CC3)cc(C(C)(C)C)c2)c1. The smallest absolute Gasteiger partial charge is 0.293 e. The van der Waals surface area contributed by atoms with Crippen molar-refractivity contribution >= 4 is 50.8 Å². The van der Waals surface area contributed by atoms with E-state index in [0.717, 1.165) is 27.7 Å². The Labute approximate surface area is 341 Å². The largest absolute Gasteiger partial charge is 0.492 e. The standard InChI is InChI=1S/C41H44N8O7S2/c1-5-56-32-24-30(26-42-27-32)28-21-29(23-31(22-28)41(2,3)4)40(51)48-18-16-47(17-19-48)38-14-13-36(44-45-38)39(50)46-58(54,55)34-11-12-35(37(25-34)49(52)53)43-15-20-57-33-9-7-6-8-10-33/h6-14,21-27,43H,5,15-20H2,1-4H3,(H,46,50). The number of carbonyl (C=O) groups excluding carboxylic acids is 2. The average Bonchev–Trinajstić information content (AvgIpc) is 3.22. The van der Waals surface area contributed by atoms with E-state index in [2.05, 4.69) is 47.3 Å². The summed E-state index contributed by atoms with van der Waals surface area (Å²) in [5.41, 5.74) is 2.52. The molecule has 0 spiro atoms. The van der Waals surface area contributed by atoms with Gasteiger partial charge in [0.1, 0.15) is 11.4 Å². The predicted octanol–water partition coefficient (Wildman–Crippen LogP) is 6.43. The van der Waals surface area contributed by atoms with Crippen LogP contribution in [0.25, 0.3) is 11.1 Å². The second-order valence-corrected chi connectivity index (χ2v) is 17.3. The first-order chi connectivity index (χ1) is 27.7. The molecule has 0 atom stereocenters. The number of ether oxygens (including phenoxy) is 1. The number of nitro groups is 1. The number of amides is 2. The number of pyridine rings is 1. The third-order valence-electron chi connectivity index (χ3n) is 9.31. The number of anilines is 2. The summed E-state index contributed by atoms with van der Waals surface area (Å²) < 4.78 is 33.9. The maximum atomic E-state index is 13.9. The molecule has 2 aromatic heterocycles. The van der Waals surface area contributed by atoms with Gasteiger partial charge in [-0.25, -0.2) is 13.1 Å². The first-order valence-corrected chi connectivity index (χ1v) is 21.1. The van der Waals surface area contributed by atoms with E-state index in [-0.39, 0.29) is 22.7 Å². The molecule has 6 rings (SSSR count). The van der Waals surface area contributed by atoms with Crippen molar-refractivity contribution in [3.8, 4) is 16.9 Å². The summed E-state index contributed by atoms with van der Waals surface area (Å²) in [6.07, 6.45) is 3.42. The highest BCUT2D eigenvalue weighted by molar-refractivity contribution is 7.99. The van der Waals surface area contributed by atoms with Gasteiger partial charge in [-0.15, -0.1) is 22.0 Å². The molecule has 1 aliphatic heterocycles. The van der Waals surface area contributed by atoms with Crippen LogP contribution in [-0.4, -0.2) is 90.3 Å². The van der Waals surface area contributed by atoms with E-state index in [9.17, 15) is 28.1 Å². The Balaban J connectivity index is 1.06. The maximum Gasteiger partial charge on any atom is 0.293 e. The molecule has 0 saturated carbocycles. The summed E-state index contributed by atoms with van der Waals surface area (Å²) in [6.45, 7) is 10.8. The van der Waals surface area contributed by atoms with Crippen LogP contribution in [0.3, 0.4) is 0 Å². The molecule has 302 valence electrons. The Hall–Kier alpha value is -6.07. The number of nitrogens with zero attached hydrogens (tertiary/aromatic N) is 6. The number of hydrogen-bond donors (Lipinski definition) is 2. The Bertz CT molecular complexity index is 2380. The minimum atomic E-state index is -4.50. The Morgan fingerprint density at radius 2 is 1.67 bits per heavy atom. The number of benzene rings is 3. The normalized spacial score (nSPS) is 13.2. The highest BCUT2D eigenvalue weighted by atomic mass is 32.2. The van der Waals surface area contributed by atoms with Gasteiger partial charge in [-0.05, 0) is 78.1 Å². The molecule has 5 aromatic rings. The number of aromatic nitrogens is 3. The molecular formula is C41H44N8O7S2. The lowest BCUT2D eigenvalue weighted by molar-refractivity contribution is -0.384. The molecule has 1 aliphatic rings. The topological polar surface area (TPSA) is 190 Å². The van der Waals surface area contributed by atoms with Crippen LogP contribution in [0, 0.1) is 10.1 Å². The summed E-state index contributed by atoms with van der Waals surface area (Å²) in [5.74, 6) is 0.570. The van der Waals surface area contributed by atoms with Crippen molar-refractivity contribution in [2.24, 2.45) is 0 Å². The second-order valence-electron chi connectivity index (χ2n) is 14.4. The summed E-state index contributed by atoms with van der Waals surface area (Å²) in [5, 5.41) is 23.0. The van der Waals surface area contributed by atoms with E-state index in [1.54, 1.807) is 35.1 Å². The predicted molar refractivity (Wildman–Crippen MR) is 223 cm³/mol. The van der Waals surface area contributed by atoms with Gasteiger partial charge in [0.05, 0.1) is 22.6 Å². The lowest BCUT2D eigenvalue weighted by Gasteiger charge is -2.35. The zero-order valence-electron chi connectivity index (χ0n) is 32.5. The molecule has 2 amide bonds. The number of sulfonamides is 1. The van der Waals surface area contributed by atoms with Gasteiger partial charge in [-0.3, -0.25) is 24.7 Å². The first kappa shape index (κ1) is 41.6. The quantitative estimate of drug-likeness (QED) is 0.0540. The fraction of sp³-hybridized carbons (Fsp3) is 0.293. The number of thioether (sulfide) groups is 1. The zero-order chi connectivity index (χ0) is 41.5. The van der Waals surface area contributed by atoms with Gasteiger partial charge in [-0.1, -0.05) is 45.0 Å². The van der Waals surface area contributed by atoms with Gasteiger partial charge in [0.25, 0.3) is 27.5 Å². The second kappa shape index (κ2) is 18.0. The van der Waals surface area contributed by atoms with Crippen molar-refractivity contribution in [2.45, 2.75) is 42.9 Å². The minimum absolute atomic E-state index is 0.102. The molecule has 3 heterocycles. The highest BCUT2D eigenvalue weighted by Gasteiger charge is 2.27. The fourth-order valence-electron chi connectivity index (χ4n) is 6.19. The zero-order valence-corrected chi connectivity index (χ0v) is 34.2. The molecule has 15 nitrogen and oxygen atoms in total. The van der Waals surface area contributed by atoms with Gasteiger partial charge in [0.2, 0.25) is 0 Å². The summed E-state index contributed by atoms with van der Waals surface area (Å²) in [7, 11) is -4.50. The van der Waals surface area contributed by atoms with Gasteiger partial charge < -0.3 is 19.9 Å². The van der Waals surface area contributed by atoms with Crippen molar-refractivity contribution in [3.05, 3.63) is 124 Å². The molecule has 0 bridgehead atoms. The van der Waals surface area contributed by atoms with Gasteiger partial charge >= 0.3 is 0 Å². The van der Waals surface area contributed by atoms with Crippen LogP contribution in [0.4, 0.5) is 17.2 Å². The van der Waals surface area contributed by atoms with Gasteiger partial charge in [-0.2, -0.15) is 0 Å².